The van der Waals surface area contributed by atoms with E-state index in [1.54, 1.807) is 0 Å². The predicted molar refractivity (Wildman–Crippen MR) is 80.2 cm³/mol. The number of nitrogens with zero attached hydrogens (tertiary/aromatic N) is 1. The fraction of sp³-hybridized carbons (Fsp3) is 0.438. The summed E-state index contributed by atoms with van der Waals surface area (Å²) in [7, 11) is 0. The zero-order valence-electron chi connectivity index (χ0n) is 12.3. The summed E-state index contributed by atoms with van der Waals surface area (Å²) in [6.07, 6.45) is 1.15. The number of aromatic nitrogens is 2. The molecule has 3 heteroatoms. The molecule has 1 heterocycles. The van der Waals surface area contributed by atoms with Gasteiger partial charge in [0.05, 0.1) is 5.69 Å². The van der Waals surface area contributed by atoms with Crippen LogP contribution in [0.15, 0.2) is 18.2 Å². The number of aryl methyl sites for hydroxylation is 3. The van der Waals surface area contributed by atoms with Crippen LogP contribution < -0.4 is 5.32 Å². The average molecular weight is 257 g/mol. The van der Waals surface area contributed by atoms with Gasteiger partial charge in [-0.25, -0.2) is 0 Å². The largest absolute Gasteiger partial charge is 0.311 e. The summed E-state index contributed by atoms with van der Waals surface area (Å²) >= 11 is 0. The Bertz CT molecular complexity index is 532. The molecule has 19 heavy (non-hydrogen) atoms. The smallest absolute Gasteiger partial charge is 0.0929 e. The van der Waals surface area contributed by atoms with Gasteiger partial charge in [-0.15, -0.1) is 0 Å². The van der Waals surface area contributed by atoms with Gasteiger partial charge in [0.15, 0.2) is 0 Å². The molecule has 0 saturated heterocycles. The van der Waals surface area contributed by atoms with Gasteiger partial charge >= 0.3 is 0 Å². The Hall–Kier alpha value is -1.61. The van der Waals surface area contributed by atoms with Crippen LogP contribution >= 0.6 is 0 Å². The van der Waals surface area contributed by atoms with Crippen molar-refractivity contribution < 1.29 is 0 Å². The number of nitrogens with one attached hydrogen (secondary N) is 2. The van der Waals surface area contributed by atoms with Crippen LogP contribution in [0.1, 0.15) is 35.7 Å². The van der Waals surface area contributed by atoms with Gasteiger partial charge in [-0.05, 0) is 50.9 Å². The summed E-state index contributed by atoms with van der Waals surface area (Å²) in [5, 5.41) is 11.0. The van der Waals surface area contributed by atoms with Crippen molar-refractivity contribution in [1.82, 2.24) is 15.5 Å². The predicted octanol–water partition coefficient (Wildman–Crippen LogP) is 3.50. The van der Waals surface area contributed by atoms with Crippen molar-refractivity contribution in [1.29, 1.82) is 0 Å². The topological polar surface area (TPSA) is 40.7 Å². The Morgan fingerprint density at radius 2 is 1.79 bits per heavy atom. The third-order valence-electron chi connectivity index (χ3n) is 3.31. The molecule has 0 radical (unpaired) electrons. The quantitative estimate of drug-likeness (QED) is 0.805. The van der Waals surface area contributed by atoms with Crippen molar-refractivity contribution in [2.24, 2.45) is 0 Å². The lowest BCUT2D eigenvalue weighted by molar-refractivity contribution is 0.662. The molecule has 0 aliphatic rings. The first-order valence-electron chi connectivity index (χ1n) is 6.95. The van der Waals surface area contributed by atoms with Crippen LogP contribution in [0, 0.1) is 20.8 Å². The Morgan fingerprint density at radius 3 is 2.42 bits per heavy atom. The van der Waals surface area contributed by atoms with E-state index in [2.05, 4.69) is 61.4 Å². The van der Waals surface area contributed by atoms with Crippen molar-refractivity contribution in [3.8, 4) is 11.3 Å². The summed E-state index contributed by atoms with van der Waals surface area (Å²) in [5.41, 5.74) is 7.32. The first kappa shape index (κ1) is 13.8. The summed E-state index contributed by atoms with van der Waals surface area (Å²) < 4.78 is 0. The van der Waals surface area contributed by atoms with E-state index >= 15 is 0 Å². The molecule has 2 aromatic rings. The Labute approximate surface area is 115 Å². The maximum Gasteiger partial charge on any atom is 0.0929 e. The molecule has 3 nitrogen and oxygen atoms in total. The fourth-order valence-electron chi connectivity index (χ4n) is 2.56. The molecule has 0 unspecified atom stereocenters. The molecule has 2 rings (SSSR count). The van der Waals surface area contributed by atoms with Gasteiger partial charge in [-0.1, -0.05) is 24.6 Å². The molecule has 0 amide bonds. The molecular weight excluding hydrogens is 234 g/mol. The normalized spacial score (nSPS) is 10.9. The standard InChI is InChI=1S/C16H23N3/c1-5-6-17-10-14-9-15(19-18-14)16-12(3)7-11(2)8-13(16)4/h7-9,17H,5-6,10H2,1-4H3,(H,18,19). The highest BCUT2D eigenvalue weighted by atomic mass is 15.1. The fourth-order valence-corrected chi connectivity index (χ4v) is 2.56. The van der Waals surface area contributed by atoms with Crippen molar-refractivity contribution in [3.05, 3.63) is 40.6 Å². The van der Waals surface area contributed by atoms with E-state index < -0.39 is 0 Å². The number of benzene rings is 1. The molecule has 0 bridgehead atoms. The van der Waals surface area contributed by atoms with Gasteiger partial charge in [0.25, 0.3) is 0 Å². The van der Waals surface area contributed by atoms with Crippen molar-refractivity contribution in [2.45, 2.75) is 40.7 Å². The Balaban J connectivity index is 2.23. The van der Waals surface area contributed by atoms with Crippen molar-refractivity contribution >= 4 is 0 Å². The second-order valence-electron chi connectivity index (χ2n) is 5.23. The Kier molecular flexibility index (Phi) is 4.38. The lowest BCUT2D eigenvalue weighted by Gasteiger charge is -2.08. The number of aromatic amines is 1. The zero-order valence-corrected chi connectivity index (χ0v) is 12.3. The van der Waals surface area contributed by atoms with E-state index in [0.717, 1.165) is 30.9 Å². The zero-order chi connectivity index (χ0) is 13.8. The number of rotatable bonds is 5. The van der Waals surface area contributed by atoms with Gasteiger partial charge < -0.3 is 5.32 Å². The van der Waals surface area contributed by atoms with Gasteiger partial charge in [0.1, 0.15) is 0 Å². The van der Waals surface area contributed by atoms with E-state index in [1.807, 2.05) is 0 Å². The molecular formula is C16H23N3. The van der Waals surface area contributed by atoms with Crippen molar-refractivity contribution in [2.75, 3.05) is 6.54 Å². The molecule has 0 spiro atoms. The van der Waals surface area contributed by atoms with E-state index in [9.17, 15) is 0 Å². The lowest BCUT2D eigenvalue weighted by atomic mass is 9.97. The van der Waals surface area contributed by atoms with E-state index in [4.69, 9.17) is 0 Å². The van der Waals surface area contributed by atoms with Crippen LogP contribution in [0.5, 0.6) is 0 Å². The maximum absolute atomic E-state index is 4.45. The second-order valence-corrected chi connectivity index (χ2v) is 5.23. The number of hydrogen-bond acceptors (Lipinski definition) is 2. The maximum atomic E-state index is 4.45. The van der Waals surface area contributed by atoms with Gasteiger partial charge in [-0.3, -0.25) is 5.10 Å². The Morgan fingerprint density at radius 1 is 1.11 bits per heavy atom. The van der Waals surface area contributed by atoms with E-state index in [0.29, 0.717) is 0 Å². The second kappa shape index (κ2) is 6.02. The average Bonchev–Trinajstić information content (AvgIpc) is 2.76. The third kappa shape index (κ3) is 3.24. The highest BCUT2D eigenvalue weighted by Gasteiger charge is 2.10. The van der Waals surface area contributed by atoms with Crippen LogP contribution in [-0.2, 0) is 6.54 Å². The van der Waals surface area contributed by atoms with E-state index in [-0.39, 0.29) is 0 Å². The molecule has 0 fully saturated rings. The van der Waals surface area contributed by atoms with Gasteiger partial charge in [-0.2, -0.15) is 5.10 Å². The van der Waals surface area contributed by atoms with Crippen LogP contribution in [0.2, 0.25) is 0 Å². The molecule has 1 aromatic carbocycles. The highest BCUT2D eigenvalue weighted by Crippen LogP contribution is 2.27. The minimum absolute atomic E-state index is 0.852. The molecule has 0 atom stereocenters. The lowest BCUT2D eigenvalue weighted by Crippen LogP contribution is -2.13. The van der Waals surface area contributed by atoms with Crippen LogP contribution in [0.25, 0.3) is 11.3 Å². The molecule has 0 aliphatic carbocycles. The first-order valence-corrected chi connectivity index (χ1v) is 6.95. The summed E-state index contributed by atoms with van der Waals surface area (Å²) in [5.74, 6) is 0. The minimum Gasteiger partial charge on any atom is -0.311 e. The minimum atomic E-state index is 0.852. The molecule has 2 N–H and O–H groups in total. The van der Waals surface area contributed by atoms with Crippen LogP contribution in [0.4, 0.5) is 0 Å². The van der Waals surface area contributed by atoms with E-state index in [1.165, 1.54) is 22.3 Å². The monoisotopic (exact) mass is 257 g/mol. The molecule has 1 aromatic heterocycles. The third-order valence-corrected chi connectivity index (χ3v) is 3.31. The summed E-state index contributed by atoms with van der Waals surface area (Å²) in [4.78, 5) is 0. The highest BCUT2D eigenvalue weighted by molar-refractivity contribution is 5.68. The first-order chi connectivity index (χ1) is 9.11. The molecule has 0 saturated carbocycles. The molecule has 0 aliphatic heterocycles. The van der Waals surface area contributed by atoms with Gasteiger partial charge in [0.2, 0.25) is 0 Å². The summed E-state index contributed by atoms with van der Waals surface area (Å²) in [6, 6.07) is 6.57. The number of hydrogen-bond donors (Lipinski definition) is 2. The van der Waals surface area contributed by atoms with Gasteiger partial charge in [0, 0.05) is 17.8 Å². The van der Waals surface area contributed by atoms with Crippen LogP contribution in [0.3, 0.4) is 0 Å². The number of H-pyrrole nitrogens is 1. The van der Waals surface area contributed by atoms with Crippen molar-refractivity contribution in [3.63, 3.8) is 0 Å². The van der Waals surface area contributed by atoms with Crippen LogP contribution in [-0.4, -0.2) is 16.7 Å². The molecule has 102 valence electrons. The summed E-state index contributed by atoms with van der Waals surface area (Å²) in [6.45, 7) is 10.5. The SMILES string of the molecule is CCCNCc1cc(-c2c(C)cc(C)cc2C)n[nH]1.